The lowest BCUT2D eigenvalue weighted by molar-refractivity contribution is -0.128. The van der Waals surface area contributed by atoms with Crippen LogP contribution in [0.15, 0.2) is 24.3 Å². The quantitative estimate of drug-likeness (QED) is 0.817. The highest BCUT2D eigenvalue weighted by Gasteiger charge is 2.26. The Morgan fingerprint density at radius 1 is 1.35 bits per heavy atom. The second-order valence-electron chi connectivity index (χ2n) is 5.03. The molecule has 1 amide bonds. The summed E-state index contributed by atoms with van der Waals surface area (Å²) in [6.07, 6.45) is 0.577. The first-order valence-corrected chi connectivity index (χ1v) is 6.62. The number of hydrogen-bond donors (Lipinski definition) is 1. The first kappa shape index (κ1) is 12.5. The highest BCUT2D eigenvalue weighted by Crippen LogP contribution is 2.20. The Morgan fingerprint density at radius 2 is 2.00 bits per heavy atom. The van der Waals surface area contributed by atoms with Crippen LogP contribution in [-0.4, -0.2) is 22.6 Å². The summed E-state index contributed by atoms with van der Waals surface area (Å²) in [6, 6.07) is 8.54. The first-order valence-electron chi connectivity index (χ1n) is 6.11. The van der Waals surface area contributed by atoms with Crippen molar-refractivity contribution in [3.05, 3.63) is 35.4 Å². The molecule has 1 aliphatic heterocycles. The fourth-order valence-electron chi connectivity index (χ4n) is 2.13. The van der Waals surface area contributed by atoms with E-state index in [1.54, 1.807) is 0 Å². The van der Waals surface area contributed by atoms with E-state index >= 15 is 0 Å². The minimum absolute atomic E-state index is 0.206. The summed E-state index contributed by atoms with van der Waals surface area (Å²) >= 11 is 4.36. The van der Waals surface area contributed by atoms with E-state index in [0.717, 1.165) is 6.54 Å². The van der Waals surface area contributed by atoms with Gasteiger partial charge in [0.05, 0.1) is 0 Å². The predicted octanol–water partition coefficient (Wildman–Crippen LogP) is 2.84. The summed E-state index contributed by atoms with van der Waals surface area (Å²) in [4.78, 5) is 13.5. The topological polar surface area (TPSA) is 20.3 Å². The maximum absolute atomic E-state index is 11.6. The molecule has 1 fully saturated rings. The largest absolute Gasteiger partial charge is 0.337 e. The van der Waals surface area contributed by atoms with Crippen LogP contribution in [0, 0.1) is 0 Å². The van der Waals surface area contributed by atoms with Crippen LogP contribution in [0.5, 0.6) is 0 Å². The first-order chi connectivity index (χ1) is 8.06. The molecule has 1 atom stereocenters. The zero-order valence-corrected chi connectivity index (χ0v) is 11.3. The van der Waals surface area contributed by atoms with E-state index in [4.69, 9.17) is 0 Å². The minimum Gasteiger partial charge on any atom is -0.337 e. The van der Waals surface area contributed by atoms with Crippen LogP contribution >= 0.6 is 12.6 Å². The molecule has 0 radical (unpaired) electrons. The van der Waals surface area contributed by atoms with Gasteiger partial charge in [-0.05, 0) is 17.0 Å². The second kappa shape index (κ2) is 5.13. The summed E-state index contributed by atoms with van der Waals surface area (Å²) < 4.78 is 0. The van der Waals surface area contributed by atoms with Crippen molar-refractivity contribution in [1.82, 2.24) is 4.90 Å². The predicted molar refractivity (Wildman–Crippen MR) is 73.3 cm³/mol. The maximum atomic E-state index is 11.6. The van der Waals surface area contributed by atoms with Gasteiger partial charge < -0.3 is 4.90 Å². The van der Waals surface area contributed by atoms with Crippen molar-refractivity contribution < 1.29 is 4.79 Å². The number of amides is 1. The van der Waals surface area contributed by atoms with Gasteiger partial charge in [0.25, 0.3) is 0 Å². The molecule has 17 heavy (non-hydrogen) atoms. The third-order valence-corrected chi connectivity index (χ3v) is 3.56. The Labute approximate surface area is 108 Å². The van der Waals surface area contributed by atoms with Gasteiger partial charge in [0.1, 0.15) is 0 Å². The zero-order valence-electron chi connectivity index (χ0n) is 10.4. The van der Waals surface area contributed by atoms with E-state index in [9.17, 15) is 4.79 Å². The van der Waals surface area contributed by atoms with Gasteiger partial charge in [0.15, 0.2) is 0 Å². The SMILES string of the molecule is CC(C)c1ccc(CN2CC(S)CC2=O)cc1. The fraction of sp³-hybridized carbons (Fsp3) is 0.500. The van der Waals surface area contributed by atoms with Crippen molar-refractivity contribution in [1.29, 1.82) is 0 Å². The van der Waals surface area contributed by atoms with Crippen LogP contribution in [0.25, 0.3) is 0 Å². The Balaban J connectivity index is 2.02. The molecule has 0 aromatic heterocycles. The smallest absolute Gasteiger partial charge is 0.224 e. The molecule has 3 heteroatoms. The summed E-state index contributed by atoms with van der Waals surface area (Å²) in [5.41, 5.74) is 2.54. The Morgan fingerprint density at radius 3 is 2.47 bits per heavy atom. The van der Waals surface area contributed by atoms with Crippen molar-refractivity contribution in [2.75, 3.05) is 6.54 Å². The van der Waals surface area contributed by atoms with Crippen molar-refractivity contribution in [2.45, 2.75) is 38.0 Å². The number of likely N-dealkylation sites (tertiary alicyclic amines) is 1. The number of nitrogens with zero attached hydrogens (tertiary/aromatic N) is 1. The third-order valence-electron chi connectivity index (χ3n) is 3.21. The maximum Gasteiger partial charge on any atom is 0.224 e. The molecule has 1 unspecified atom stereocenters. The van der Waals surface area contributed by atoms with Crippen LogP contribution in [0.4, 0.5) is 0 Å². The minimum atomic E-state index is 0.206. The van der Waals surface area contributed by atoms with E-state index in [1.165, 1.54) is 11.1 Å². The van der Waals surface area contributed by atoms with Crippen molar-refractivity contribution in [3.8, 4) is 0 Å². The summed E-state index contributed by atoms with van der Waals surface area (Å²) in [5, 5.41) is 0.206. The van der Waals surface area contributed by atoms with Crippen LogP contribution in [0.3, 0.4) is 0 Å². The van der Waals surface area contributed by atoms with Gasteiger partial charge in [-0.15, -0.1) is 0 Å². The number of benzene rings is 1. The molecule has 92 valence electrons. The number of thiol groups is 1. The summed E-state index contributed by atoms with van der Waals surface area (Å²) in [6.45, 7) is 5.86. The lowest BCUT2D eigenvalue weighted by Crippen LogP contribution is -2.24. The zero-order chi connectivity index (χ0) is 12.4. The molecule has 0 aliphatic carbocycles. The molecule has 1 aromatic rings. The van der Waals surface area contributed by atoms with Crippen molar-refractivity contribution >= 4 is 18.5 Å². The highest BCUT2D eigenvalue weighted by atomic mass is 32.1. The van der Waals surface area contributed by atoms with Crippen LogP contribution in [0.2, 0.25) is 0 Å². The average Bonchev–Trinajstić information content (AvgIpc) is 2.58. The molecular formula is C14H19NOS. The van der Waals surface area contributed by atoms with Gasteiger partial charge in [0.2, 0.25) is 5.91 Å². The van der Waals surface area contributed by atoms with E-state index < -0.39 is 0 Å². The monoisotopic (exact) mass is 249 g/mol. The summed E-state index contributed by atoms with van der Waals surface area (Å²) in [7, 11) is 0. The van der Waals surface area contributed by atoms with E-state index in [2.05, 4.69) is 50.7 Å². The molecule has 2 rings (SSSR count). The molecule has 0 bridgehead atoms. The van der Waals surface area contributed by atoms with Gasteiger partial charge in [-0.1, -0.05) is 38.1 Å². The van der Waals surface area contributed by atoms with Crippen LogP contribution in [-0.2, 0) is 11.3 Å². The Kier molecular flexibility index (Phi) is 3.77. The van der Waals surface area contributed by atoms with E-state index in [0.29, 0.717) is 18.9 Å². The van der Waals surface area contributed by atoms with Crippen molar-refractivity contribution in [2.24, 2.45) is 0 Å². The van der Waals surface area contributed by atoms with Gasteiger partial charge >= 0.3 is 0 Å². The molecule has 0 saturated carbocycles. The summed E-state index contributed by atoms with van der Waals surface area (Å²) in [5.74, 6) is 0.775. The van der Waals surface area contributed by atoms with Crippen molar-refractivity contribution in [3.63, 3.8) is 0 Å². The normalized spacial score (nSPS) is 20.4. The molecule has 0 N–H and O–H groups in total. The highest BCUT2D eigenvalue weighted by molar-refractivity contribution is 7.81. The Bertz CT molecular complexity index is 399. The lowest BCUT2D eigenvalue weighted by Gasteiger charge is -2.16. The van der Waals surface area contributed by atoms with Gasteiger partial charge in [-0.3, -0.25) is 4.79 Å². The van der Waals surface area contributed by atoms with Gasteiger partial charge in [-0.2, -0.15) is 12.6 Å². The Hall–Kier alpha value is -0.960. The molecule has 1 aromatic carbocycles. The van der Waals surface area contributed by atoms with Gasteiger partial charge in [0, 0.05) is 24.8 Å². The average molecular weight is 249 g/mol. The molecule has 1 heterocycles. The molecular weight excluding hydrogens is 230 g/mol. The van der Waals surface area contributed by atoms with Gasteiger partial charge in [-0.25, -0.2) is 0 Å². The third kappa shape index (κ3) is 3.03. The lowest BCUT2D eigenvalue weighted by atomic mass is 10.0. The molecule has 0 spiro atoms. The molecule has 1 saturated heterocycles. The number of rotatable bonds is 3. The van der Waals surface area contributed by atoms with E-state index in [1.807, 2.05) is 4.90 Å². The standard InChI is InChI=1S/C14H19NOS/c1-10(2)12-5-3-11(4-6-12)8-15-9-13(17)7-14(15)16/h3-6,10,13,17H,7-9H2,1-2H3. The number of carbonyl (C=O) groups excluding carboxylic acids is 1. The number of hydrogen-bond acceptors (Lipinski definition) is 2. The fourth-order valence-corrected chi connectivity index (χ4v) is 2.49. The van der Waals surface area contributed by atoms with Crippen LogP contribution < -0.4 is 0 Å². The van der Waals surface area contributed by atoms with Crippen LogP contribution in [0.1, 0.15) is 37.3 Å². The number of carbonyl (C=O) groups is 1. The second-order valence-corrected chi connectivity index (χ2v) is 5.76. The molecule has 2 nitrogen and oxygen atoms in total. The molecule has 1 aliphatic rings. The van der Waals surface area contributed by atoms with E-state index in [-0.39, 0.29) is 11.2 Å².